The summed E-state index contributed by atoms with van der Waals surface area (Å²) < 4.78 is 2.31. The van der Waals surface area contributed by atoms with Crippen LogP contribution in [0.2, 0.25) is 0 Å². The van der Waals surface area contributed by atoms with Crippen LogP contribution in [-0.4, -0.2) is 25.7 Å². The third-order valence-electron chi connectivity index (χ3n) is 9.31. The Morgan fingerprint density at radius 2 is 0.981 bits per heavy atom. The first-order chi connectivity index (χ1) is 25.7. The Balaban J connectivity index is 1.16. The molecule has 6 nitrogen and oxygen atoms in total. The molecule has 246 valence electrons. The van der Waals surface area contributed by atoms with Crippen LogP contribution >= 0.6 is 0 Å². The van der Waals surface area contributed by atoms with Crippen molar-refractivity contribution in [2.45, 2.75) is 0 Å². The van der Waals surface area contributed by atoms with E-state index in [4.69, 9.17) is 20.4 Å². The summed E-state index contributed by atoms with van der Waals surface area (Å²) in [5, 5.41) is 14.0. The van der Waals surface area contributed by atoms with Gasteiger partial charge >= 0.3 is 0 Å². The molecule has 0 amide bonds. The highest BCUT2D eigenvalue weighted by Crippen LogP contribution is 2.37. The SMILES string of the molecule is N=Cc1cc2c3ccccc3n(-c3cccc(-c4cccc(-c5nc(-c6ccccc6)nc(-c6ccccc6)n5)c4)c3)c2cc1Nc1ccccc1. The van der Waals surface area contributed by atoms with Crippen molar-refractivity contribution in [2.75, 3.05) is 5.32 Å². The molecular formula is C46H32N6. The van der Waals surface area contributed by atoms with E-state index < -0.39 is 0 Å². The largest absolute Gasteiger partial charge is 0.355 e. The van der Waals surface area contributed by atoms with Gasteiger partial charge in [0.2, 0.25) is 0 Å². The van der Waals surface area contributed by atoms with Crippen molar-refractivity contribution in [3.8, 4) is 51.0 Å². The summed E-state index contributed by atoms with van der Waals surface area (Å²) in [5.74, 6) is 1.89. The molecule has 0 fully saturated rings. The minimum atomic E-state index is 0.619. The number of aromatic nitrogens is 4. The molecule has 0 atom stereocenters. The van der Waals surface area contributed by atoms with Crippen molar-refractivity contribution in [1.29, 1.82) is 5.41 Å². The van der Waals surface area contributed by atoms with E-state index in [9.17, 15) is 0 Å². The fourth-order valence-electron chi connectivity index (χ4n) is 6.81. The normalized spacial score (nSPS) is 11.2. The summed E-state index contributed by atoms with van der Waals surface area (Å²) in [6.07, 6.45) is 1.42. The molecule has 9 rings (SSSR count). The van der Waals surface area contributed by atoms with Gasteiger partial charge < -0.3 is 15.3 Å². The van der Waals surface area contributed by atoms with E-state index in [1.54, 1.807) is 0 Å². The van der Waals surface area contributed by atoms with Crippen molar-refractivity contribution < 1.29 is 0 Å². The molecule has 0 aliphatic heterocycles. The van der Waals surface area contributed by atoms with Crippen LogP contribution in [0.4, 0.5) is 11.4 Å². The van der Waals surface area contributed by atoms with Crippen molar-refractivity contribution in [1.82, 2.24) is 19.5 Å². The van der Waals surface area contributed by atoms with Gasteiger partial charge in [-0.2, -0.15) is 0 Å². The monoisotopic (exact) mass is 668 g/mol. The Bertz CT molecular complexity index is 2660. The fraction of sp³-hybridized carbons (Fsp3) is 0. The molecule has 0 aliphatic rings. The minimum absolute atomic E-state index is 0.619. The lowest BCUT2D eigenvalue weighted by molar-refractivity contribution is 1.07. The molecule has 0 radical (unpaired) electrons. The number of nitrogens with one attached hydrogen (secondary N) is 2. The predicted octanol–water partition coefficient (Wildman–Crippen LogP) is 11.4. The van der Waals surface area contributed by atoms with Gasteiger partial charge in [-0.15, -0.1) is 0 Å². The number of rotatable bonds is 8. The molecule has 2 heterocycles. The Kier molecular flexibility index (Phi) is 7.87. The van der Waals surface area contributed by atoms with Crippen LogP contribution in [0.1, 0.15) is 5.56 Å². The van der Waals surface area contributed by atoms with E-state index in [0.29, 0.717) is 17.5 Å². The maximum atomic E-state index is 8.23. The van der Waals surface area contributed by atoms with Gasteiger partial charge in [0, 0.05) is 56.3 Å². The van der Waals surface area contributed by atoms with Crippen LogP contribution in [-0.2, 0) is 0 Å². The summed E-state index contributed by atoms with van der Waals surface area (Å²) >= 11 is 0. The zero-order chi connectivity index (χ0) is 34.9. The van der Waals surface area contributed by atoms with Crippen LogP contribution in [0.5, 0.6) is 0 Å². The Labute approximate surface area is 301 Å². The van der Waals surface area contributed by atoms with Gasteiger partial charge in [-0.1, -0.05) is 127 Å². The molecule has 7 aromatic carbocycles. The second kappa shape index (κ2) is 13.3. The van der Waals surface area contributed by atoms with Gasteiger partial charge in [-0.3, -0.25) is 0 Å². The van der Waals surface area contributed by atoms with E-state index in [0.717, 1.165) is 72.2 Å². The Morgan fingerprint density at radius 3 is 1.65 bits per heavy atom. The van der Waals surface area contributed by atoms with Gasteiger partial charge in [0.1, 0.15) is 0 Å². The molecule has 0 unspecified atom stereocenters. The van der Waals surface area contributed by atoms with Crippen LogP contribution in [0.25, 0.3) is 72.8 Å². The van der Waals surface area contributed by atoms with E-state index >= 15 is 0 Å². The molecule has 6 heteroatoms. The maximum Gasteiger partial charge on any atom is 0.164 e. The third-order valence-corrected chi connectivity index (χ3v) is 9.31. The Hall–Kier alpha value is -7.18. The lowest BCUT2D eigenvalue weighted by Gasteiger charge is -2.14. The van der Waals surface area contributed by atoms with Gasteiger partial charge in [-0.05, 0) is 59.7 Å². The highest BCUT2D eigenvalue weighted by molar-refractivity contribution is 6.12. The Morgan fingerprint density at radius 1 is 0.442 bits per heavy atom. The molecule has 0 spiro atoms. The molecule has 0 aliphatic carbocycles. The topological polar surface area (TPSA) is 79.5 Å². The van der Waals surface area contributed by atoms with Crippen molar-refractivity contribution in [2.24, 2.45) is 0 Å². The highest BCUT2D eigenvalue weighted by Gasteiger charge is 2.17. The molecule has 0 bridgehead atoms. The summed E-state index contributed by atoms with van der Waals surface area (Å²) in [4.78, 5) is 14.8. The predicted molar refractivity (Wildman–Crippen MR) is 214 cm³/mol. The third kappa shape index (κ3) is 5.78. The van der Waals surface area contributed by atoms with Crippen LogP contribution < -0.4 is 5.32 Å². The number of fused-ring (bicyclic) bond motifs is 3. The first-order valence-electron chi connectivity index (χ1n) is 17.2. The average molecular weight is 669 g/mol. The summed E-state index contributed by atoms with van der Waals surface area (Å²) in [6.45, 7) is 0. The number of hydrogen-bond donors (Lipinski definition) is 2. The number of hydrogen-bond acceptors (Lipinski definition) is 5. The first-order valence-corrected chi connectivity index (χ1v) is 17.2. The molecular weight excluding hydrogens is 637 g/mol. The molecule has 0 saturated heterocycles. The summed E-state index contributed by atoms with van der Waals surface area (Å²) in [7, 11) is 0. The lowest BCUT2D eigenvalue weighted by atomic mass is 10.0. The average Bonchev–Trinajstić information content (AvgIpc) is 3.54. The standard InChI is InChI=1S/C46H32N6/c47-30-36-28-40-39-24-10-11-25-42(39)52(43(40)29-41(36)48-37-21-8-3-9-22-37)38-23-13-19-34(27-38)33-18-12-20-35(26-33)46-50-44(31-14-4-1-5-15-31)49-45(51-46)32-16-6-2-7-17-32/h1-30,47-48H. The minimum Gasteiger partial charge on any atom is -0.355 e. The number of nitrogens with zero attached hydrogens (tertiary/aromatic N) is 4. The van der Waals surface area contributed by atoms with Gasteiger partial charge in [0.05, 0.1) is 11.0 Å². The van der Waals surface area contributed by atoms with Crippen LogP contribution in [0.15, 0.2) is 176 Å². The zero-order valence-corrected chi connectivity index (χ0v) is 28.1. The molecule has 2 N–H and O–H groups in total. The second-order valence-corrected chi connectivity index (χ2v) is 12.6. The van der Waals surface area contributed by atoms with Crippen molar-refractivity contribution >= 4 is 39.4 Å². The molecule has 2 aromatic heterocycles. The number of anilines is 2. The molecule has 52 heavy (non-hydrogen) atoms. The van der Waals surface area contributed by atoms with E-state index in [1.165, 1.54) is 6.21 Å². The smallest absolute Gasteiger partial charge is 0.164 e. The summed E-state index contributed by atoms with van der Waals surface area (Å²) in [6, 6.07) is 59.9. The van der Waals surface area contributed by atoms with Crippen LogP contribution in [0.3, 0.4) is 0 Å². The lowest BCUT2D eigenvalue weighted by Crippen LogP contribution is -2.00. The van der Waals surface area contributed by atoms with Crippen molar-refractivity contribution in [3.05, 3.63) is 181 Å². The maximum absolute atomic E-state index is 8.23. The highest BCUT2D eigenvalue weighted by atomic mass is 15.0. The second-order valence-electron chi connectivity index (χ2n) is 12.6. The van der Waals surface area contributed by atoms with E-state index in [2.05, 4.69) is 94.8 Å². The van der Waals surface area contributed by atoms with E-state index in [1.807, 2.05) is 91.0 Å². The fourth-order valence-corrected chi connectivity index (χ4v) is 6.81. The number of benzene rings is 7. The number of para-hydroxylation sites is 2. The van der Waals surface area contributed by atoms with Crippen LogP contribution in [0, 0.1) is 5.41 Å². The zero-order valence-electron chi connectivity index (χ0n) is 28.1. The van der Waals surface area contributed by atoms with Gasteiger partial charge in [-0.25, -0.2) is 15.0 Å². The molecule has 9 aromatic rings. The summed E-state index contributed by atoms with van der Waals surface area (Å²) in [5.41, 5.74) is 10.8. The van der Waals surface area contributed by atoms with E-state index in [-0.39, 0.29) is 0 Å². The quantitative estimate of drug-likeness (QED) is 0.158. The van der Waals surface area contributed by atoms with Crippen molar-refractivity contribution in [3.63, 3.8) is 0 Å². The van der Waals surface area contributed by atoms with Gasteiger partial charge in [0.15, 0.2) is 17.5 Å². The van der Waals surface area contributed by atoms with Gasteiger partial charge in [0.25, 0.3) is 0 Å². The first kappa shape index (κ1) is 30.8. The molecule has 0 saturated carbocycles.